The normalized spacial score (nSPS) is 10.1. The second-order valence-electron chi connectivity index (χ2n) is 2.42. The first-order valence-corrected chi connectivity index (χ1v) is 3.89. The van der Waals surface area contributed by atoms with Crippen LogP contribution in [-0.4, -0.2) is 24.3 Å². The SMILES string of the molecule is O=C(O)COc1[c]cccc1OC(F)F. The Balaban J connectivity index is 2.72. The summed E-state index contributed by atoms with van der Waals surface area (Å²) < 4.78 is 32.6. The first-order valence-electron chi connectivity index (χ1n) is 3.89. The predicted molar refractivity (Wildman–Crippen MR) is 45.0 cm³/mol. The van der Waals surface area contributed by atoms with Crippen LogP contribution in [0.2, 0.25) is 0 Å². The number of benzene rings is 1. The quantitative estimate of drug-likeness (QED) is 0.812. The van der Waals surface area contributed by atoms with Crippen molar-refractivity contribution in [2.45, 2.75) is 6.61 Å². The number of alkyl halides is 2. The number of carbonyl (C=O) groups is 1. The molecule has 0 saturated carbocycles. The van der Waals surface area contributed by atoms with Gasteiger partial charge in [0.15, 0.2) is 18.1 Å². The lowest BCUT2D eigenvalue weighted by Gasteiger charge is -2.09. The van der Waals surface area contributed by atoms with Crippen molar-refractivity contribution in [1.29, 1.82) is 0 Å². The zero-order chi connectivity index (χ0) is 11.3. The maximum atomic E-state index is 11.9. The van der Waals surface area contributed by atoms with E-state index in [1.807, 2.05) is 0 Å². The molecule has 0 aromatic heterocycles. The fraction of sp³-hybridized carbons (Fsp3) is 0.222. The molecule has 0 saturated heterocycles. The molecule has 1 N–H and O–H groups in total. The zero-order valence-electron chi connectivity index (χ0n) is 7.44. The van der Waals surface area contributed by atoms with Gasteiger partial charge in [0.1, 0.15) is 0 Å². The van der Waals surface area contributed by atoms with E-state index in [1.54, 1.807) is 0 Å². The molecule has 1 aromatic carbocycles. The second kappa shape index (κ2) is 5.14. The van der Waals surface area contributed by atoms with Gasteiger partial charge in [-0.05, 0) is 6.07 Å². The number of halogens is 2. The number of rotatable bonds is 5. The first-order chi connectivity index (χ1) is 7.09. The van der Waals surface area contributed by atoms with Gasteiger partial charge in [0, 0.05) is 6.07 Å². The van der Waals surface area contributed by atoms with Crippen LogP contribution in [0.4, 0.5) is 8.78 Å². The average Bonchev–Trinajstić information content (AvgIpc) is 2.15. The third kappa shape index (κ3) is 3.80. The molecule has 0 aliphatic heterocycles. The lowest BCUT2D eigenvalue weighted by atomic mass is 10.3. The van der Waals surface area contributed by atoms with Crippen molar-refractivity contribution < 1.29 is 28.2 Å². The molecule has 0 bridgehead atoms. The van der Waals surface area contributed by atoms with Crippen LogP contribution in [0.25, 0.3) is 0 Å². The summed E-state index contributed by atoms with van der Waals surface area (Å²) in [5.74, 6) is -1.61. The van der Waals surface area contributed by atoms with Crippen molar-refractivity contribution >= 4 is 5.97 Å². The van der Waals surface area contributed by atoms with Crippen molar-refractivity contribution in [2.24, 2.45) is 0 Å². The third-order valence-electron chi connectivity index (χ3n) is 1.34. The molecule has 0 fully saturated rings. The highest BCUT2D eigenvalue weighted by Crippen LogP contribution is 2.27. The van der Waals surface area contributed by atoms with Crippen molar-refractivity contribution in [3.63, 3.8) is 0 Å². The molecule has 1 aromatic rings. The number of hydrogen-bond acceptors (Lipinski definition) is 3. The van der Waals surface area contributed by atoms with Gasteiger partial charge < -0.3 is 14.6 Å². The van der Waals surface area contributed by atoms with Crippen LogP contribution in [0.15, 0.2) is 18.2 Å². The molecule has 15 heavy (non-hydrogen) atoms. The Labute approximate surface area is 84.0 Å². The zero-order valence-corrected chi connectivity index (χ0v) is 7.44. The molecule has 6 heteroatoms. The number of para-hydroxylation sites is 1. The van der Waals surface area contributed by atoms with Crippen molar-refractivity contribution in [1.82, 2.24) is 0 Å². The Kier molecular flexibility index (Phi) is 3.84. The van der Waals surface area contributed by atoms with Crippen LogP contribution >= 0.6 is 0 Å². The molecular weight excluding hydrogens is 210 g/mol. The Morgan fingerprint density at radius 2 is 2.33 bits per heavy atom. The minimum absolute atomic E-state index is 0.153. The Bertz CT molecular complexity index is 341. The van der Waals surface area contributed by atoms with Crippen LogP contribution in [-0.2, 0) is 4.79 Å². The maximum absolute atomic E-state index is 11.9. The van der Waals surface area contributed by atoms with Gasteiger partial charge in [-0.15, -0.1) is 0 Å². The smallest absolute Gasteiger partial charge is 0.387 e. The van der Waals surface area contributed by atoms with E-state index in [2.05, 4.69) is 15.5 Å². The van der Waals surface area contributed by atoms with Crippen molar-refractivity contribution in [3.05, 3.63) is 24.3 Å². The molecule has 1 rings (SSSR count). The summed E-state index contributed by atoms with van der Waals surface area (Å²) in [6.45, 7) is -3.63. The van der Waals surface area contributed by atoms with Crippen LogP contribution in [0, 0.1) is 6.07 Å². The summed E-state index contributed by atoms with van der Waals surface area (Å²) in [6, 6.07) is 6.51. The highest BCUT2D eigenvalue weighted by molar-refractivity contribution is 5.68. The molecule has 0 aliphatic rings. The minimum Gasteiger partial charge on any atom is -0.479 e. The highest BCUT2D eigenvalue weighted by Gasteiger charge is 2.11. The van der Waals surface area contributed by atoms with Crippen LogP contribution in [0.3, 0.4) is 0 Å². The van der Waals surface area contributed by atoms with E-state index < -0.39 is 19.2 Å². The molecule has 0 aliphatic carbocycles. The molecule has 0 spiro atoms. The van der Waals surface area contributed by atoms with Gasteiger partial charge in [-0.2, -0.15) is 8.78 Å². The van der Waals surface area contributed by atoms with Gasteiger partial charge in [0.2, 0.25) is 0 Å². The standard InChI is InChI=1S/C9H7F2O4/c10-9(11)15-7-4-2-1-3-6(7)14-5-8(12)13/h1-2,4,9H,5H2,(H,12,13). The molecular formula is C9H7F2O4. The minimum atomic E-state index is -2.99. The lowest BCUT2D eigenvalue weighted by molar-refractivity contribution is -0.139. The number of hydrogen-bond donors (Lipinski definition) is 1. The van der Waals surface area contributed by atoms with Crippen molar-refractivity contribution in [3.8, 4) is 11.5 Å². The van der Waals surface area contributed by atoms with E-state index in [-0.39, 0.29) is 11.5 Å². The van der Waals surface area contributed by atoms with E-state index in [4.69, 9.17) is 5.11 Å². The van der Waals surface area contributed by atoms with Crippen LogP contribution in [0.5, 0.6) is 11.5 Å². The van der Waals surface area contributed by atoms with Gasteiger partial charge in [0.25, 0.3) is 0 Å². The van der Waals surface area contributed by atoms with Crippen molar-refractivity contribution in [2.75, 3.05) is 6.61 Å². The molecule has 0 heterocycles. The summed E-state index contributed by atoms with van der Waals surface area (Å²) in [6.07, 6.45) is 0. The first kappa shape index (κ1) is 11.2. The lowest BCUT2D eigenvalue weighted by Crippen LogP contribution is -2.11. The fourth-order valence-electron chi connectivity index (χ4n) is 0.842. The number of aliphatic carboxylic acids is 1. The largest absolute Gasteiger partial charge is 0.479 e. The Morgan fingerprint density at radius 3 is 2.93 bits per heavy atom. The van der Waals surface area contributed by atoms with E-state index in [0.717, 1.165) is 0 Å². The Hall–Kier alpha value is -1.85. The summed E-state index contributed by atoms with van der Waals surface area (Å²) in [4.78, 5) is 10.2. The van der Waals surface area contributed by atoms with Crippen LogP contribution < -0.4 is 9.47 Å². The van der Waals surface area contributed by atoms with E-state index >= 15 is 0 Å². The molecule has 0 amide bonds. The predicted octanol–water partition coefficient (Wildman–Crippen LogP) is 1.55. The number of carboxylic acids is 1. The third-order valence-corrected chi connectivity index (χ3v) is 1.34. The topological polar surface area (TPSA) is 55.8 Å². The highest BCUT2D eigenvalue weighted by atomic mass is 19.3. The van der Waals surface area contributed by atoms with Gasteiger partial charge in [-0.25, -0.2) is 4.79 Å². The summed E-state index contributed by atoms with van der Waals surface area (Å²) in [7, 11) is 0. The monoisotopic (exact) mass is 217 g/mol. The fourth-order valence-corrected chi connectivity index (χ4v) is 0.842. The summed E-state index contributed by atoms with van der Waals surface area (Å²) in [5.41, 5.74) is 0. The van der Waals surface area contributed by atoms with Crippen LogP contribution in [0.1, 0.15) is 0 Å². The van der Waals surface area contributed by atoms with Gasteiger partial charge in [-0.1, -0.05) is 12.1 Å². The maximum Gasteiger partial charge on any atom is 0.387 e. The molecule has 0 atom stereocenters. The molecule has 81 valence electrons. The van der Waals surface area contributed by atoms with Gasteiger partial charge in [0.05, 0.1) is 0 Å². The van der Waals surface area contributed by atoms with E-state index in [1.165, 1.54) is 18.2 Å². The number of carboxylic acid groups (broad SMARTS) is 1. The second-order valence-corrected chi connectivity index (χ2v) is 2.42. The summed E-state index contributed by atoms with van der Waals surface area (Å²) >= 11 is 0. The Morgan fingerprint density at radius 1 is 1.60 bits per heavy atom. The molecule has 4 nitrogen and oxygen atoms in total. The van der Waals surface area contributed by atoms with Gasteiger partial charge >= 0.3 is 12.6 Å². The van der Waals surface area contributed by atoms with Gasteiger partial charge in [-0.3, -0.25) is 0 Å². The average molecular weight is 217 g/mol. The summed E-state index contributed by atoms with van der Waals surface area (Å²) in [5, 5.41) is 8.32. The molecule has 1 radical (unpaired) electrons. The number of ether oxygens (including phenoxy) is 2. The van der Waals surface area contributed by atoms with E-state index in [0.29, 0.717) is 0 Å². The van der Waals surface area contributed by atoms with E-state index in [9.17, 15) is 13.6 Å². The molecule has 0 unspecified atom stereocenters.